The second-order valence-electron chi connectivity index (χ2n) is 6.25. The van der Waals surface area contributed by atoms with E-state index in [1.165, 1.54) is 24.0 Å². The number of benzene rings is 1. The van der Waals surface area contributed by atoms with E-state index in [9.17, 15) is 4.79 Å². The van der Waals surface area contributed by atoms with Crippen LogP contribution in [0.2, 0.25) is 0 Å². The van der Waals surface area contributed by atoms with Gasteiger partial charge in [-0.25, -0.2) is 0 Å². The van der Waals surface area contributed by atoms with Crippen molar-refractivity contribution in [2.45, 2.75) is 44.8 Å². The number of hydrogen-bond acceptors (Lipinski definition) is 3. The predicted molar refractivity (Wildman–Crippen MR) is 84.7 cm³/mol. The fraction of sp³-hybridized carbons (Fsp3) is 0.611. The number of rotatable bonds is 2. The molecular weight excluding hydrogens is 278 g/mol. The van der Waals surface area contributed by atoms with E-state index in [0.717, 1.165) is 19.4 Å². The summed E-state index contributed by atoms with van der Waals surface area (Å²) in [6.07, 6.45) is 4.03. The molecule has 2 aliphatic heterocycles. The van der Waals surface area contributed by atoms with Crippen LogP contribution in [0, 0.1) is 6.92 Å². The summed E-state index contributed by atoms with van der Waals surface area (Å²) in [4.78, 5) is 14.9. The Morgan fingerprint density at radius 3 is 2.91 bits per heavy atom. The van der Waals surface area contributed by atoms with Gasteiger partial charge in [-0.2, -0.15) is 0 Å². The molecule has 2 atom stereocenters. The lowest BCUT2D eigenvalue weighted by molar-refractivity contribution is -0.160. The van der Waals surface area contributed by atoms with Crippen LogP contribution >= 0.6 is 0 Å². The van der Waals surface area contributed by atoms with Gasteiger partial charge in [0.15, 0.2) is 6.10 Å². The van der Waals surface area contributed by atoms with Crippen LogP contribution in [0.3, 0.4) is 0 Å². The minimum Gasteiger partial charge on any atom is -0.376 e. The van der Waals surface area contributed by atoms with Gasteiger partial charge >= 0.3 is 0 Å². The number of carbonyl (C=O) groups is 1. The van der Waals surface area contributed by atoms with Gasteiger partial charge in [-0.15, -0.1) is 0 Å². The maximum Gasteiger partial charge on any atom is 0.254 e. The van der Waals surface area contributed by atoms with E-state index in [4.69, 9.17) is 9.47 Å². The van der Waals surface area contributed by atoms with Crippen molar-refractivity contribution >= 4 is 5.91 Å². The lowest BCUT2D eigenvalue weighted by atomic mass is 9.98. The monoisotopic (exact) mass is 303 g/mol. The number of hydrogen-bond donors (Lipinski definition) is 0. The number of ether oxygens (including phenoxy) is 2. The van der Waals surface area contributed by atoms with Gasteiger partial charge < -0.3 is 14.4 Å². The quantitative estimate of drug-likeness (QED) is 0.843. The zero-order valence-corrected chi connectivity index (χ0v) is 13.3. The third kappa shape index (κ3) is 3.50. The Bertz CT molecular complexity index is 511. The van der Waals surface area contributed by atoms with Gasteiger partial charge in [0, 0.05) is 6.54 Å². The molecule has 4 heteroatoms. The summed E-state index contributed by atoms with van der Waals surface area (Å²) >= 11 is 0. The number of amides is 1. The molecule has 3 rings (SSSR count). The topological polar surface area (TPSA) is 38.8 Å². The first-order valence-corrected chi connectivity index (χ1v) is 8.32. The van der Waals surface area contributed by atoms with E-state index in [-0.39, 0.29) is 11.9 Å². The first kappa shape index (κ1) is 15.5. The number of carbonyl (C=O) groups excluding carboxylic acids is 1. The predicted octanol–water partition coefficient (Wildman–Crippen LogP) is 2.85. The maximum atomic E-state index is 12.9. The molecule has 22 heavy (non-hydrogen) atoms. The van der Waals surface area contributed by atoms with Crippen LogP contribution in [0.1, 0.15) is 42.9 Å². The molecule has 0 saturated carbocycles. The SMILES string of the molecule is Cc1cccc([C@H]2CCCCCN2C(=O)[C@H]2COCCO2)c1. The Labute approximate surface area is 132 Å². The summed E-state index contributed by atoms with van der Waals surface area (Å²) in [6, 6.07) is 8.69. The summed E-state index contributed by atoms with van der Waals surface area (Å²) in [6.45, 7) is 4.40. The van der Waals surface area contributed by atoms with Crippen molar-refractivity contribution < 1.29 is 14.3 Å². The molecule has 2 heterocycles. The minimum absolute atomic E-state index is 0.0908. The van der Waals surface area contributed by atoms with E-state index in [2.05, 4.69) is 31.2 Å². The van der Waals surface area contributed by atoms with Crippen LogP contribution < -0.4 is 0 Å². The van der Waals surface area contributed by atoms with Crippen molar-refractivity contribution in [1.29, 1.82) is 0 Å². The van der Waals surface area contributed by atoms with Gasteiger partial charge in [0.1, 0.15) is 0 Å². The Morgan fingerprint density at radius 2 is 2.14 bits per heavy atom. The molecule has 0 N–H and O–H groups in total. The van der Waals surface area contributed by atoms with Crippen LogP contribution in [0.25, 0.3) is 0 Å². The lowest BCUT2D eigenvalue weighted by Crippen LogP contribution is -2.46. The number of nitrogens with zero attached hydrogens (tertiary/aromatic N) is 1. The van der Waals surface area contributed by atoms with E-state index in [1.807, 2.05) is 4.90 Å². The second-order valence-corrected chi connectivity index (χ2v) is 6.25. The highest BCUT2D eigenvalue weighted by Gasteiger charge is 2.33. The maximum absolute atomic E-state index is 12.9. The molecule has 0 aromatic heterocycles. The first-order valence-electron chi connectivity index (χ1n) is 8.32. The third-order valence-electron chi connectivity index (χ3n) is 4.55. The summed E-state index contributed by atoms with van der Waals surface area (Å²) < 4.78 is 11.0. The molecule has 1 amide bonds. The molecule has 2 fully saturated rings. The van der Waals surface area contributed by atoms with Crippen molar-refractivity contribution in [3.05, 3.63) is 35.4 Å². The van der Waals surface area contributed by atoms with Crippen molar-refractivity contribution in [1.82, 2.24) is 4.90 Å². The van der Waals surface area contributed by atoms with Crippen LogP contribution in [-0.2, 0) is 14.3 Å². The molecule has 120 valence electrons. The molecule has 1 aromatic carbocycles. The van der Waals surface area contributed by atoms with Crippen molar-refractivity contribution in [3.63, 3.8) is 0 Å². The highest BCUT2D eigenvalue weighted by Crippen LogP contribution is 2.31. The van der Waals surface area contributed by atoms with Crippen molar-refractivity contribution in [2.24, 2.45) is 0 Å². The Hall–Kier alpha value is -1.39. The van der Waals surface area contributed by atoms with Crippen LogP contribution in [0.4, 0.5) is 0 Å². The molecule has 0 aliphatic carbocycles. The van der Waals surface area contributed by atoms with Crippen LogP contribution in [-0.4, -0.2) is 43.3 Å². The van der Waals surface area contributed by atoms with Gasteiger partial charge in [-0.05, 0) is 25.3 Å². The molecule has 0 spiro atoms. The van der Waals surface area contributed by atoms with Gasteiger partial charge in [-0.3, -0.25) is 4.79 Å². The van der Waals surface area contributed by atoms with Crippen molar-refractivity contribution in [3.8, 4) is 0 Å². The minimum atomic E-state index is -0.431. The molecule has 2 aliphatic rings. The molecule has 0 bridgehead atoms. The van der Waals surface area contributed by atoms with E-state index in [0.29, 0.717) is 19.8 Å². The third-order valence-corrected chi connectivity index (χ3v) is 4.55. The number of likely N-dealkylation sites (tertiary alicyclic amines) is 1. The zero-order chi connectivity index (χ0) is 15.4. The molecule has 0 radical (unpaired) electrons. The zero-order valence-electron chi connectivity index (χ0n) is 13.3. The van der Waals surface area contributed by atoms with Crippen molar-refractivity contribution in [2.75, 3.05) is 26.4 Å². The average Bonchev–Trinajstić information content (AvgIpc) is 2.81. The van der Waals surface area contributed by atoms with E-state index in [1.54, 1.807) is 0 Å². The van der Waals surface area contributed by atoms with Gasteiger partial charge in [0.2, 0.25) is 0 Å². The molecule has 2 saturated heterocycles. The lowest BCUT2D eigenvalue weighted by Gasteiger charge is -2.34. The Morgan fingerprint density at radius 1 is 1.23 bits per heavy atom. The molecule has 4 nitrogen and oxygen atoms in total. The fourth-order valence-corrected chi connectivity index (χ4v) is 3.41. The van der Waals surface area contributed by atoms with Gasteiger partial charge in [0.25, 0.3) is 5.91 Å². The van der Waals surface area contributed by atoms with E-state index < -0.39 is 6.10 Å². The Balaban J connectivity index is 1.82. The van der Waals surface area contributed by atoms with Crippen LogP contribution in [0.15, 0.2) is 24.3 Å². The van der Waals surface area contributed by atoms with Crippen LogP contribution in [0.5, 0.6) is 0 Å². The summed E-state index contributed by atoms with van der Waals surface area (Å²) in [5.41, 5.74) is 2.48. The average molecular weight is 303 g/mol. The summed E-state index contributed by atoms with van der Waals surface area (Å²) in [5, 5.41) is 0. The second kappa shape index (κ2) is 7.25. The summed E-state index contributed by atoms with van der Waals surface area (Å²) in [5.74, 6) is 0.0908. The Kier molecular flexibility index (Phi) is 5.11. The van der Waals surface area contributed by atoms with Gasteiger partial charge in [0.05, 0.1) is 25.9 Å². The first-order chi connectivity index (χ1) is 10.8. The molecular formula is C18H25NO3. The standard InChI is InChI=1S/C18H25NO3/c1-14-6-5-7-15(12-14)16-8-3-2-4-9-19(16)18(20)17-13-21-10-11-22-17/h5-7,12,16-17H,2-4,8-11,13H2,1H3/t16-,17-/m1/s1. The fourth-order valence-electron chi connectivity index (χ4n) is 3.41. The van der Waals surface area contributed by atoms with Gasteiger partial charge in [-0.1, -0.05) is 42.7 Å². The highest BCUT2D eigenvalue weighted by atomic mass is 16.6. The molecule has 0 unspecified atom stereocenters. The smallest absolute Gasteiger partial charge is 0.254 e. The van der Waals surface area contributed by atoms with E-state index >= 15 is 0 Å². The largest absolute Gasteiger partial charge is 0.376 e. The normalized spacial score (nSPS) is 26.5. The highest BCUT2D eigenvalue weighted by molar-refractivity contribution is 5.81. The summed E-state index contributed by atoms with van der Waals surface area (Å²) in [7, 11) is 0. The molecule has 1 aromatic rings. The number of aryl methyl sites for hydroxylation is 1.